The molecule has 22 heavy (non-hydrogen) atoms. The second-order valence-corrected chi connectivity index (χ2v) is 5.96. The van der Waals surface area contributed by atoms with Crippen LogP contribution in [0.3, 0.4) is 0 Å². The van der Waals surface area contributed by atoms with E-state index in [1.807, 2.05) is 11.8 Å². The Morgan fingerprint density at radius 3 is 2.45 bits per heavy atom. The first-order valence-corrected chi connectivity index (χ1v) is 7.82. The summed E-state index contributed by atoms with van der Waals surface area (Å²) in [5.74, 6) is -0.687. The molecule has 1 aromatic carbocycles. The third-order valence-electron chi connectivity index (χ3n) is 4.70. The molecule has 1 fully saturated rings. The van der Waals surface area contributed by atoms with Crippen molar-refractivity contribution in [2.75, 3.05) is 13.6 Å². The lowest BCUT2D eigenvalue weighted by Gasteiger charge is -2.27. The van der Waals surface area contributed by atoms with Crippen LogP contribution in [0.15, 0.2) is 18.2 Å². The maximum Gasteiger partial charge on any atom is 0.261 e. The highest BCUT2D eigenvalue weighted by Gasteiger charge is 2.34. The normalized spacial score (nSPS) is 18.0. The van der Waals surface area contributed by atoms with Gasteiger partial charge in [-0.25, -0.2) is 0 Å². The van der Waals surface area contributed by atoms with E-state index in [1.54, 1.807) is 18.2 Å². The van der Waals surface area contributed by atoms with Crippen LogP contribution in [0.5, 0.6) is 0 Å². The van der Waals surface area contributed by atoms with Gasteiger partial charge in [-0.3, -0.25) is 19.3 Å². The Labute approximate surface area is 129 Å². The zero-order valence-electron chi connectivity index (χ0n) is 13.0. The minimum atomic E-state index is -0.335. The van der Waals surface area contributed by atoms with E-state index in [0.29, 0.717) is 29.3 Å². The number of amides is 3. The quantitative estimate of drug-likeness (QED) is 0.805. The van der Waals surface area contributed by atoms with Crippen LogP contribution in [0.1, 0.15) is 63.7 Å². The lowest BCUT2D eigenvalue weighted by Crippen LogP contribution is -2.38. The molecule has 0 spiro atoms. The summed E-state index contributed by atoms with van der Waals surface area (Å²) in [4.78, 5) is 39.7. The van der Waals surface area contributed by atoms with Crippen LogP contribution in [0.4, 0.5) is 0 Å². The second-order valence-electron chi connectivity index (χ2n) is 5.96. The number of hydrogen-bond donors (Lipinski definition) is 0. The number of nitrogens with zero attached hydrogens (tertiary/aromatic N) is 2. The molecule has 0 saturated heterocycles. The highest BCUT2D eigenvalue weighted by molar-refractivity contribution is 6.21. The van der Waals surface area contributed by atoms with Crippen molar-refractivity contribution in [3.8, 4) is 0 Å². The molecule has 2 aliphatic rings. The molecule has 1 aliphatic heterocycles. The van der Waals surface area contributed by atoms with Crippen molar-refractivity contribution in [2.24, 2.45) is 0 Å². The molecule has 5 heteroatoms. The Morgan fingerprint density at radius 2 is 1.82 bits per heavy atom. The van der Waals surface area contributed by atoms with Crippen LogP contribution >= 0.6 is 0 Å². The van der Waals surface area contributed by atoms with Crippen LogP contribution in [-0.2, 0) is 0 Å². The number of imide groups is 1. The first kappa shape index (κ1) is 14.8. The Hall–Kier alpha value is -2.17. The minimum Gasteiger partial charge on any atom is -0.336 e. The molecule has 1 aromatic rings. The number of fused-ring (bicyclic) bond motifs is 1. The van der Waals surface area contributed by atoms with Gasteiger partial charge in [0.25, 0.3) is 17.7 Å². The van der Waals surface area contributed by atoms with Crippen molar-refractivity contribution in [3.63, 3.8) is 0 Å². The molecular weight excluding hydrogens is 280 g/mol. The highest BCUT2D eigenvalue weighted by Crippen LogP contribution is 2.27. The van der Waals surface area contributed by atoms with Crippen LogP contribution in [0.2, 0.25) is 0 Å². The fraction of sp³-hybridized carbons (Fsp3) is 0.471. The smallest absolute Gasteiger partial charge is 0.261 e. The van der Waals surface area contributed by atoms with E-state index in [1.165, 1.54) is 7.05 Å². The first-order valence-electron chi connectivity index (χ1n) is 7.82. The van der Waals surface area contributed by atoms with Gasteiger partial charge in [0.1, 0.15) is 0 Å². The van der Waals surface area contributed by atoms with Crippen molar-refractivity contribution >= 4 is 17.7 Å². The number of benzene rings is 1. The van der Waals surface area contributed by atoms with E-state index in [0.717, 1.165) is 30.6 Å². The average molecular weight is 300 g/mol. The van der Waals surface area contributed by atoms with Gasteiger partial charge in [-0.05, 0) is 38.0 Å². The van der Waals surface area contributed by atoms with E-state index in [2.05, 4.69) is 0 Å². The number of carbonyl (C=O) groups excluding carboxylic acids is 3. The van der Waals surface area contributed by atoms with Crippen LogP contribution < -0.4 is 0 Å². The maximum absolute atomic E-state index is 12.7. The predicted octanol–water partition coefficient (Wildman–Crippen LogP) is 2.32. The molecule has 0 atom stereocenters. The molecule has 1 saturated carbocycles. The molecule has 0 unspecified atom stereocenters. The fourth-order valence-corrected chi connectivity index (χ4v) is 3.44. The zero-order valence-corrected chi connectivity index (χ0v) is 13.0. The molecule has 0 bridgehead atoms. The minimum absolute atomic E-state index is 0.0491. The van der Waals surface area contributed by atoms with Gasteiger partial charge in [0.2, 0.25) is 0 Å². The molecule has 5 nitrogen and oxygen atoms in total. The van der Waals surface area contributed by atoms with Gasteiger partial charge in [-0.15, -0.1) is 0 Å². The third-order valence-corrected chi connectivity index (χ3v) is 4.70. The van der Waals surface area contributed by atoms with Gasteiger partial charge in [0, 0.05) is 25.2 Å². The SMILES string of the molecule is CCN(C(=O)c1ccc2c(c1)C(=O)N(C)C2=O)C1CCCC1. The third kappa shape index (κ3) is 2.21. The molecule has 116 valence electrons. The van der Waals surface area contributed by atoms with E-state index in [9.17, 15) is 14.4 Å². The molecule has 0 aromatic heterocycles. The summed E-state index contributed by atoms with van der Waals surface area (Å²) in [7, 11) is 1.46. The van der Waals surface area contributed by atoms with E-state index < -0.39 is 0 Å². The van der Waals surface area contributed by atoms with Crippen molar-refractivity contribution in [1.29, 1.82) is 0 Å². The fourth-order valence-electron chi connectivity index (χ4n) is 3.44. The topological polar surface area (TPSA) is 57.7 Å². The molecule has 0 radical (unpaired) electrons. The summed E-state index contributed by atoms with van der Waals surface area (Å²) >= 11 is 0. The molecule has 1 aliphatic carbocycles. The highest BCUT2D eigenvalue weighted by atomic mass is 16.2. The van der Waals surface area contributed by atoms with Gasteiger partial charge < -0.3 is 4.90 Å². The molecule has 0 N–H and O–H groups in total. The van der Waals surface area contributed by atoms with Gasteiger partial charge in [-0.2, -0.15) is 0 Å². The van der Waals surface area contributed by atoms with E-state index in [-0.39, 0.29) is 17.7 Å². The van der Waals surface area contributed by atoms with Crippen LogP contribution in [-0.4, -0.2) is 47.2 Å². The monoisotopic (exact) mass is 300 g/mol. The Bertz CT molecular complexity index is 647. The zero-order chi connectivity index (χ0) is 15.9. The van der Waals surface area contributed by atoms with Crippen molar-refractivity contribution in [3.05, 3.63) is 34.9 Å². The number of rotatable bonds is 3. The van der Waals surface area contributed by atoms with Crippen molar-refractivity contribution < 1.29 is 14.4 Å². The van der Waals surface area contributed by atoms with Crippen molar-refractivity contribution in [2.45, 2.75) is 38.6 Å². The Balaban J connectivity index is 1.91. The summed E-state index contributed by atoms with van der Waals surface area (Å²) in [5, 5.41) is 0. The van der Waals surface area contributed by atoms with Gasteiger partial charge in [0.15, 0.2) is 0 Å². The maximum atomic E-state index is 12.7. The standard InChI is InChI=1S/C17H20N2O3/c1-3-19(12-6-4-5-7-12)15(20)11-8-9-13-14(10-11)17(22)18(2)16(13)21/h8-10,12H,3-7H2,1-2H3. The van der Waals surface area contributed by atoms with E-state index >= 15 is 0 Å². The number of carbonyl (C=O) groups is 3. The lowest BCUT2D eigenvalue weighted by atomic mass is 10.0. The molecule has 1 heterocycles. The summed E-state index contributed by atoms with van der Waals surface area (Å²) in [5.41, 5.74) is 1.21. The van der Waals surface area contributed by atoms with Crippen LogP contribution in [0.25, 0.3) is 0 Å². The van der Waals surface area contributed by atoms with E-state index in [4.69, 9.17) is 0 Å². The summed E-state index contributed by atoms with van der Waals surface area (Å²) in [6.07, 6.45) is 4.42. The largest absolute Gasteiger partial charge is 0.336 e. The number of hydrogen-bond acceptors (Lipinski definition) is 3. The second kappa shape index (κ2) is 5.55. The lowest BCUT2D eigenvalue weighted by molar-refractivity contribution is 0.0685. The van der Waals surface area contributed by atoms with Crippen molar-refractivity contribution in [1.82, 2.24) is 9.80 Å². The van der Waals surface area contributed by atoms with Gasteiger partial charge >= 0.3 is 0 Å². The summed E-state index contributed by atoms with van der Waals surface area (Å²) in [6.45, 7) is 2.64. The summed E-state index contributed by atoms with van der Waals surface area (Å²) < 4.78 is 0. The van der Waals surface area contributed by atoms with Gasteiger partial charge in [-0.1, -0.05) is 12.8 Å². The summed E-state index contributed by atoms with van der Waals surface area (Å²) in [6, 6.07) is 5.11. The molecule has 3 amide bonds. The first-order chi connectivity index (χ1) is 10.5. The predicted molar refractivity (Wildman–Crippen MR) is 81.8 cm³/mol. The Kier molecular flexibility index (Phi) is 3.72. The van der Waals surface area contributed by atoms with Crippen LogP contribution in [0, 0.1) is 0 Å². The van der Waals surface area contributed by atoms with Gasteiger partial charge in [0.05, 0.1) is 11.1 Å². The average Bonchev–Trinajstić information content (AvgIpc) is 3.13. The Morgan fingerprint density at radius 1 is 1.18 bits per heavy atom. The molecular formula is C17H20N2O3. The molecule has 3 rings (SSSR count).